The Bertz CT molecular complexity index is 379. The van der Waals surface area contributed by atoms with Crippen LogP contribution in [0.5, 0.6) is 5.75 Å². The summed E-state index contributed by atoms with van der Waals surface area (Å²) < 4.78 is 5.68. The molecule has 4 heteroatoms. The Hall–Kier alpha value is -1.55. The van der Waals surface area contributed by atoms with E-state index in [9.17, 15) is 4.79 Å². The molecule has 0 saturated carbocycles. The van der Waals surface area contributed by atoms with Crippen molar-refractivity contribution in [1.82, 2.24) is 5.48 Å². The minimum Gasteiger partial charge on any atom is -0.494 e. The molecule has 0 atom stereocenters. The van der Waals surface area contributed by atoms with Gasteiger partial charge in [-0.2, -0.15) is 0 Å². The Morgan fingerprint density at radius 2 is 2.05 bits per heavy atom. The van der Waals surface area contributed by atoms with Crippen LogP contribution in [0.2, 0.25) is 0 Å². The van der Waals surface area contributed by atoms with Gasteiger partial charge < -0.3 is 4.74 Å². The maximum Gasteiger partial charge on any atom is 0.243 e. The highest BCUT2D eigenvalue weighted by Gasteiger charge is 1.99. The molecule has 0 bridgehead atoms. The van der Waals surface area contributed by atoms with E-state index in [0.29, 0.717) is 13.0 Å². The quantitative estimate of drug-likeness (QED) is 0.410. The SMILES string of the molecule is CCc1cccc(OCCCCCCC(=O)NO)c1. The van der Waals surface area contributed by atoms with E-state index in [-0.39, 0.29) is 5.91 Å². The van der Waals surface area contributed by atoms with Crippen molar-refractivity contribution in [1.29, 1.82) is 0 Å². The zero-order valence-corrected chi connectivity index (χ0v) is 11.5. The molecule has 0 aromatic heterocycles. The summed E-state index contributed by atoms with van der Waals surface area (Å²) >= 11 is 0. The number of carbonyl (C=O) groups is 1. The largest absolute Gasteiger partial charge is 0.494 e. The van der Waals surface area contributed by atoms with Crippen LogP contribution in [0.25, 0.3) is 0 Å². The third-order valence-corrected chi connectivity index (χ3v) is 3.00. The number of unbranched alkanes of at least 4 members (excludes halogenated alkanes) is 3. The Kier molecular flexibility index (Phi) is 7.66. The highest BCUT2D eigenvalue weighted by molar-refractivity contribution is 5.74. The lowest BCUT2D eigenvalue weighted by molar-refractivity contribution is -0.129. The lowest BCUT2D eigenvalue weighted by atomic mass is 10.1. The molecule has 4 nitrogen and oxygen atoms in total. The molecule has 0 saturated heterocycles. The van der Waals surface area contributed by atoms with Crippen LogP contribution >= 0.6 is 0 Å². The molecule has 0 aliphatic heterocycles. The van der Waals surface area contributed by atoms with E-state index < -0.39 is 0 Å². The number of amides is 1. The van der Waals surface area contributed by atoms with Gasteiger partial charge in [-0.3, -0.25) is 10.0 Å². The smallest absolute Gasteiger partial charge is 0.243 e. The molecule has 0 fully saturated rings. The second-order valence-corrected chi connectivity index (χ2v) is 4.55. The Morgan fingerprint density at radius 1 is 1.26 bits per heavy atom. The molecule has 2 N–H and O–H groups in total. The summed E-state index contributed by atoms with van der Waals surface area (Å²) in [6.07, 6.45) is 5.20. The van der Waals surface area contributed by atoms with E-state index in [1.54, 1.807) is 5.48 Å². The van der Waals surface area contributed by atoms with Gasteiger partial charge in [0.1, 0.15) is 5.75 Å². The van der Waals surface area contributed by atoms with Crippen molar-refractivity contribution in [3.05, 3.63) is 29.8 Å². The maximum atomic E-state index is 10.8. The molecule has 1 aromatic carbocycles. The number of carbonyl (C=O) groups excluding carboxylic acids is 1. The fourth-order valence-electron chi connectivity index (χ4n) is 1.84. The minimum atomic E-state index is -0.312. The summed E-state index contributed by atoms with van der Waals surface area (Å²) in [5.41, 5.74) is 2.92. The van der Waals surface area contributed by atoms with Crippen LogP contribution in [0.4, 0.5) is 0 Å². The second kappa shape index (κ2) is 9.39. The Labute approximate surface area is 114 Å². The number of hydroxylamine groups is 1. The molecule has 1 amide bonds. The maximum absolute atomic E-state index is 10.8. The van der Waals surface area contributed by atoms with Crippen molar-refractivity contribution in [3.63, 3.8) is 0 Å². The van der Waals surface area contributed by atoms with Gasteiger partial charge in [0.15, 0.2) is 0 Å². The average molecular weight is 265 g/mol. The highest BCUT2D eigenvalue weighted by Crippen LogP contribution is 2.14. The zero-order chi connectivity index (χ0) is 13.9. The first-order valence-corrected chi connectivity index (χ1v) is 6.91. The number of aryl methyl sites for hydroxylation is 1. The van der Waals surface area contributed by atoms with E-state index in [4.69, 9.17) is 9.94 Å². The first kappa shape index (κ1) is 15.5. The van der Waals surface area contributed by atoms with Crippen LogP contribution in [-0.2, 0) is 11.2 Å². The van der Waals surface area contributed by atoms with Crippen LogP contribution in [0.1, 0.15) is 44.6 Å². The van der Waals surface area contributed by atoms with Crippen molar-refractivity contribution < 1.29 is 14.7 Å². The number of hydrogen-bond donors (Lipinski definition) is 2. The van der Waals surface area contributed by atoms with Crippen LogP contribution in [0.3, 0.4) is 0 Å². The van der Waals surface area contributed by atoms with Crippen LogP contribution in [0.15, 0.2) is 24.3 Å². The van der Waals surface area contributed by atoms with Crippen molar-refractivity contribution in [2.24, 2.45) is 0 Å². The first-order chi connectivity index (χ1) is 9.26. The number of benzene rings is 1. The molecular formula is C15H23NO3. The van der Waals surface area contributed by atoms with Crippen molar-refractivity contribution in [2.75, 3.05) is 6.61 Å². The molecule has 1 aromatic rings. The standard InChI is InChI=1S/C15H23NO3/c1-2-13-8-7-9-14(12-13)19-11-6-4-3-5-10-15(17)16-18/h7-9,12,18H,2-6,10-11H2,1H3,(H,16,17). The topological polar surface area (TPSA) is 58.6 Å². The minimum absolute atomic E-state index is 0.312. The number of ether oxygens (including phenoxy) is 1. The molecule has 1 rings (SSSR count). The molecule has 106 valence electrons. The van der Waals surface area contributed by atoms with E-state index in [1.807, 2.05) is 12.1 Å². The normalized spacial score (nSPS) is 10.2. The summed E-state index contributed by atoms with van der Waals surface area (Å²) in [6.45, 7) is 2.83. The first-order valence-electron chi connectivity index (χ1n) is 6.91. The molecule has 0 aliphatic rings. The van der Waals surface area contributed by atoms with Gasteiger partial charge in [-0.15, -0.1) is 0 Å². The fraction of sp³-hybridized carbons (Fsp3) is 0.533. The van der Waals surface area contributed by atoms with E-state index in [2.05, 4.69) is 19.1 Å². The van der Waals surface area contributed by atoms with Gasteiger partial charge in [-0.25, -0.2) is 5.48 Å². The van der Waals surface area contributed by atoms with Crippen LogP contribution < -0.4 is 10.2 Å². The highest BCUT2D eigenvalue weighted by atomic mass is 16.5. The number of hydrogen-bond acceptors (Lipinski definition) is 3. The Balaban J connectivity index is 2.05. The molecule has 0 heterocycles. The van der Waals surface area contributed by atoms with Crippen LogP contribution in [-0.4, -0.2) is 17.7 Å². The molecule has 0 unspecified atom stereocenters. The molecule has 0 radical (unpaired) electrons. The van der Waals surface area contributed by atoms with Gasteiger partial charge in [0, 0.05) is 6.42 Å². The van der Waals surface area contributed by atoms with E-state index in [0.717, 1.165) is 37.9 Å². The lowest BCUT2D eigenvalue weighted by Crippen LogP contribution is -2.17. The molecular weight excluding hydrogens is 242 g/mol. The molecule has 19 heavy (non-hydrogen) atoms. The van der Waals surface area contributed by atoms with Crippen molar-refractivity contribution >= 4 is 5.91 Å². The number of nitrogens with one attached hydrogen (secondary N) is 1. The Morgan fingerprint density at radius 3 is 2.79 bits per heavy atom. The third kappa shape index (κ3) is 6.82. The summed E-state index contributed by atoms with van der Waals surface area (Å²) in [5.74, 6) is 0.617. The van der Waals surface area contributed by atoms with E-state index in [1.165, 1.54) is 5.56 Å². The zero-order valence-electron chi connectivity index (χ0n) is 11.5. The monoisotopic (exact) mass is 265 g/mol. The summed E-state index contributed by atoms with van der Waals surface area (Å²) in [5, 5.41) is 8.32. The molecule has 0 aliphatic carbocycles. The second-order valence-electron chi connectivity index (χ2n) is 4.55. The van der Waals surface area contributed by atoms with Gasteiger partial charge in [0.2, 0.25) is 5.91 Å². The summed E-state index contributed by atoms with van der Waals surface area (Å²) in [6, 6.07) is 8.16. The predicted molar refractivity (Wildman–Crippen MR) is 74.3 cm³/mol. The van der Waals surface area contributed by atoms with Gasteiger partial charge in [-0.1, -0.05) is 31.9 Å². The van der Waals surface area contributed by atoms with Gasteiger partial charge >= 0.3 is 0 Å². The average Bonchev–Trinajstić information content (AvgIpc) is 2.46. The predicted octanol–water partition coefficient (Wildman–Crippen LogP) is 3.08. The summed E-state index contributed by atoms with van der Waals surface area (Å²) in [7, 11) is 0. The summed E-state index contributed by atoms with van der Waals surface area (Å²) in [4.78, 5) is 10.8. The fourth-order valence-corrected chi connectivity index (χ4v) is 1.84. The third-order valence-electron chi connectivity index (χ3n) is 3.00. The van der Waals surface area contributed by atoms with Gasteiger partial charge in [-0.05, 0) is 37.0 Å². The van der Waals surface area contributed by atoms with Crippen molar-refractivity contribution in [3.8, 4) is 5.75 Å². The van der Waals surface area contributed by atoms with Crippen LogP contribution in [0, 0.1) is 0 Å². The van der Waals surface area contributed by atoms with Crippen molar-refractivity contribution in [2.45, 2.75) is 45.4 Å². The molecule has 0 spiro atoms. The lowest BCUT2D eigenvalue weighted by Gasteiger charge is -2.07. The van der Waals surface area contributed by atoms with E-state index >= 15 is 0 Å². The number of rotatable bonds is 9. The van der Waals surface area contributed by atoms with Gasteiger partial charge in [0.25, 0.3) is 0 Å². The van der Waals surface area contributed by atoms with Gasteiger partial charge in [0.05, 0.1) is 6.61 Å².